The van der Waals surface area contributed by atoms with Gasteiger partial charge in [0.1, 0.15) is 0 Å². The first-order valence-electron chi connectivity index (χ1n) is 6.03. The molecule has 0 fully saturated rings. The number of benzene rings is 1. The molecule has 0 atom stereocenters. The maximum atomic E-state index is 5.84. The number of nitrogens with zero attached hydrogens (tertiary/aromatic N) is 3. The smallest absolute Gasteiger partial charge is 0.324 e. The molecule has 6 nitrogen and oxygen atoms in total. The lowest BCUT2D eigenvalue weighted by Crippen LogP contribution is -2.10. The van der Waals surface area contributed by atoms with Crippen LogP contribution in [0.4, 0.5) is 5.95 Å². The maximum Gasteiger partial charge on any atom is 0.324 e. The van der Waals surface area contributed by atoms with Crippen molar-refractivity contribution in [2.45, 2.75) is 6.42 Å². The summed E-state index contributed by atoms with van der Waals surface area (Å²) in [6.07, 6.45) is 0.827. The number of hydrogen-bond acceptors (Lipinski definition) is 6. The third kappa shape index (κ3) is 3.96. The van der Waals surface area contributed by atoms with Crippen LogP contribution in [0.5, 0.6) is 12.0 Å². The molecular formula is C13H15ClN4O2. The predicted molar refractivity (Wildman–Crippen MR) is 76.6 cm³/mol. The van der Waals surface area contributed by atoms with Crippen molar-refractivity contribution >= 4 is 17.5 Å². The van der Waals surface area contributed by atoms with Gasteiger partial charge in [0, 0.05) is 11.6 Å². The number of ether oxygens (including phenoxy) is 2. The van der Waals surface area contributed by atoms with Gasteiger partial charge in [0.2, 0.25) is 5.95 Å². The molecule has 0 aliphatic rings. The van der Waals surface area contributed by atoms with Crippen LogP contribution in [-0.2, 0) is 6.42 Å². The van der Waals surface area contributed by atoms with Crippen LogP contribution in [0.15, 0.2) is 24.3 Å². The van der Waals surface area contributed by atoms with Crippen molar-refractivity contribution in [2.75, 3.05) is 26.1 Å². The number of aromatic nitrogens is 3. The average Bonchev–Trinajstić information content (AvgIpc) is 2.49. The van der Waals surface area contributed by atoms with Gasteiger partial charge in [0.25, 0.3) is 0 Å². The van der Waals surface area contributed by atoms with Crippen LogP contribution in [0.25, 0.3) is 0 Å². The standard InChI is InChI=1S/C13H15ClN4O2/c1-19-12-16-11(17-13(18-12)20-2)15-8-7-9-3-5-10(14)6-4-9/h3-6H,7-8H2,1-2H3,(H,15,16,17,18). The van der Waals surface area contributed by atoms with E-state index in [4.69, 9.17) is 21.1 Å². The summed E-state index contributed by atoms with van der Waals surface area (Å²) in [5.74, 6) is 0.419. The summed E-state index contributed by atoms with van der Waals surface area (Å²) in [7, 11) is 2.98. The molecule has 1 aromatic heterocycles. The molecule has 20 heavy (non-hydrogen) atoms. The summed E-state index contributed by atoms with van der Waals surface area (Å²) in [5, 5.41) is 3.83. The van der Waals surface area contributed by atoms with Crippen molar-refractivity contribution in [1.82, 2.24) is 15.0 Å². The highest BCUT2D eigenvalue weighted by atomic mass is 35.5. The van der Waals surface area contributed by atoms with E-state index in [2.05, 4.69) is 20.3 Å². The Bertz CT molecular complexity index is 541. The Morgan fingerprint density at radius 1 is 1.00 bits per heavy atom. The van der Waals surface area contributed by atoms with E-state index in [0.29, 0.717) is 12.5 Å². The van der Waals surface area contributed by atoms with Gasteiger partial charge in [-0.15, -0.1) is 4.98 Å². The monoisotopic (exact) mass is 294 g/mol. The van der Waals surface area contributed by atoms with Gasteiger partial charge >= 0.3 is 12.0 Å². The first kappa shape index (κ1) is 14.3. The topological polar surface area (TPSA) is 69.2 Å². The molecule has 7 heteroatoms. The third-order valence-corrected chi connectivity index (χ3v) is 2.82. The fraction of sp³-hybridized carbons (Fsp3) is 0.308. The SMILES string of the molecule is COc1nc(NCCc2ccc(Cl)cc2)nc(OC)n1. The van der Waals surface area contributed by atoms with E-state index in [1.54, 1.807) is 0 Å². The molecule has 1 aromatic carbocycles. The highest BCUT2D eigenvalue weighted by Crippen LogP contribution is 2.13. The largest absolute Gasteiger partial charge is 0.467 e. The first-order valence-corrected chi connectivity index (χ1v) is 6.41. The number of hydrogen-bond donors (Lipinski definition) is 1. The van der Waals surface area contributed by atoms with Crippen LogP contribution in [0.1, 0.15) is 5.56 Å². The molecule has 0 saturated carbocycles. The number of rotatable bonds is 6. The van der Waals surface area contributed by atoms with Gasteiger partial charge in [-0.05, 0) is 24.1 Å². The Hall–Kier alpha value is -2.08. The van der Waals surface area contributed by atoms with Crippen molar-refractivity contribution in [1.29, 1.82) is 0 Å². The van der Waals surface area contributed by atoms with Crippen LogP contribution in [0.2, 0.25) is 5.02 Å². The van der Waals surface area contributed by atoms with Gasteiger partial charge in [-0.3, -0.25) is 0 Å². The van der Waals surface area contributed by atoms with E-state index in [0.717, 1.165) is 11.4 Å². The minimum absolute atomic E-state index is 0.214. The van der Waals surface area contributed by atoms with Crippen molar-refractivity contribution in [2.24, 2.45) is 0 Å². The number of nitrogens with one attached hydrogen (secondary N) is 1. The molecule has 0 unspecified atom stereocenters. The Kier molecular flexibility index (Phi) is 4.95. The molecule has 2 aromatic rings. The molecule has 0 radical (unpaired) electrons. The summed E-state index contributed by atoms with van der Waals surface area (Å²) < 4.78 is 9.96. The number of halogens is 1. The van der Waals surface area contributed by atoms with E-state index in [1.165, 1.54) is 19.8 Å². The first-order chi connectivity index (χ1) is 9.71. The van der Waals surface area contributed by atoms with Gasteiger partial charge in [-0.2, -0.15) is 9.97 Å². The van der Waals surface area contributed by atoms with E-state index in [-0.39, 0.29) is 12.0 Å². The molecule has 0 bridgehead atoms. The second-order valence-corrected chi connectivity index (χ2v) is 4.37. The van der Waals surface area contributed by atoms with E-state index >= 15 is 0 Å². The van der Waals surface area contributed by atoms with Gasteiger partial charge in [-0.25, -0.2) is 0 Å². The lowest BCUT2D eigenvalue weighted by atomic mass is 10.1. The third-order valence-electron chi connectivity index (χ3n) is 2.57. The maximum absolute atomic E-state index is 5.84. The minimum atomic E-state index is 0.214. The minimum Gasteiger partial charge on any atom is -0.467 e. The highest BCUT2D eigenvalue weighted by Gasteiger charge is 2.06. The summed E-state index contributed by atoms with van der Waals surface area (Å²) in [6, 6.07) is 8.13. The van der Waals surface area contributed by atoms with Crippen LogP contribution in [0, 0.1) is 0 Å². The van der Waals surface area contributed by atoms with Crippen molar-refractivity contribution in [3.63, 3.8) is 0 Å². The molecule has 0 amide bonds. The molecule has 0 saturated heterocycles. The molecule has 1 N–H and O–H groups in total. The van der Waals surface area contributed by atoms with Crippen LogP contribution >= 0.6 is 11.6 Å². The number of anilines is 1. The molecule has 0 spiro atoms. The summed E-state index contributed by atoms with van der Waals surface area (Å²) >= 11 is 5.84. The molecule has 0 aliphatic heterocycles. The molecule has 106 valence electrons. The number of methoxy groups -OCH3 is 2. The average molecular weight is 295 g/mol. The zero-order chi connectivity index (χ0) is 14.4. The lowest BCUT2D eigenvalue weighted by molar-refractivity contribution is 0.341. The highest BCUT2D eigenvalue weighted by molar-refractivity contribution is 6.30. The van der Waals surface area contributed by atoms with Crippen molar-refractivity contribution in [3.05, 3.63) is 34.9 Å². The molecule has 0 aliphatic carbocycles. The Labute approximate surface area is 122 Å². The van der Waals surface area contributed by atoms with Crippen molar-refractivity contribution < 1.29 is 9.47 Å². The molecule has 1 heterocycles. The Morgan fingerprint density at radius 2 is 1.60 bits per heavy atom. The van der Waals surface area contributed by atoms with E-state index in [9.17, 15) is 0 Å². The lowest BCUT2D eigenvalue weighted by Gasteiger charge is -2.07. The Morgan fingerprint density at radius 3 is 2.15 bits per heavy atom. The van der Waals surface area contributed by atoms with E-state index in [1.807, 2.05) is 24.3 Å². The van der Waals surface area contributed by atoms with Gasteiger partial charge in [0.05, 0.1) is 14.2 Å². The van der Waals surface area contributed by atoms with Gasteiger partial charge in [0.15, 0.2) is 0 Å². The normalized spacial score (nSPS) is 10.2. The summed E-state index contributed by atoms with van der Waals surface area (Å²) in [4.78, 5) is 12.1. The second kappa shape index (κ2) is 6.91. The van der Waals surface area contributed by atoms with Gasteiger partial charge < -0.3 is 14.8 Å². The second-order valence-electron chi connectivity index (χ2n) is 3.94. The fourth-order valence-corrected chi connectivity index (χ4v) is 1.70. The zero-order valence-electron chi connectivity index (χ0n) is 11.3. The molecule has 2 rings (SSSR count). The van der Waals surface area contributed by atoms with Crippen LogP contribution in [0.3, 0.4) is 0 Å². The van der Waals surface area contributed by atoms with Gasteiger partial charge in [-0.1, -0.05) is 23.7 Å². The fourth-order valence-electron chi connectivity index (χ4n) is 1.57. The summed E-state index contributed by atoms with van der Waals surface area (Å²) in [5.41, 5.74) is 1.18. The zero-order valence-corrected chi connectivity index (χ0v) is 12.0. The van der Waals surface area contributed by atoms with Crippen LogP contribution in [-0.4, -0.2) is 35.7 Å². The van der Waals surface area contributed by atoms with Crippen LogP contribution < -0.4 is 14.8 Å². The summed E-state index contributed by atoms with van der Waals surface area (Å²) in [6.45, 7) is 0.679. The quantitative estimate of drug-likeness (QED) is 0.881. The van der Waals surface area contributed by atoms with Crippen molar-refractivity contribution in [3.8, 4) is 12.0 Å². The Balaban J connectivity index is 1.94. The van der Waals surface area contributed by atoms with E-state index < -0.39 is 0 Å². The predicted octanol–water partition coefficient (Wildman–Crippen LogP) is 2.20. The molecular weight excluding hydrogens is 280 g/mol.